The van der Waals surface area contributed by atoms with Gasteiger partial charge in [-0.3, -0.25) is 48.1 Å². The summed E-state index contributed by atoms with van der Waals surface area (Å²) in [5.74, 6) is -8.85. The zero-order chi connectivity index (χ0) is 58.7. The molecule has 4 rings (SSSR count). The Kier molecular flexibility index (Phi) is 25.7. The molecule has 0 aliphatic rings. The van der Waals surface area contributed by atoms with Gasteiger partial charge in [-0.15, -0.1) is 0 Å². The standard InChI is InChI=1S/C48H73N21O11/c1-25(2)8-33(67-41(73)31(49)10-27-14-52-21-60-27)42(74)59-20-40(72)64-35(11-28-15-53-22-61-28)43(75)58-18-38(70)57-19-39(71)65-36(12-29-16-54-23-62-29)46(78)66-32(6-5-7-56-48(50)51)44(76)68-34(9-26(3)4)45(77)69-37(47(79)80)13-30-17-55-24-63-30/h14-17,21-26,31-37H,5-13,18-20,49H2,1-4H3,(H,52,60)(H,53,61)(H,54,62)(H,55,63)(H,57,70)(H,58,75)(H,59,74)(H,64,72)(H,65,71)(H,66,78)(H,67,73)(H,68,76)(H,69,77)(H,79,80)(H4,50,51,56)/t31-,32-,33-,34-,35-,36-,37-/m0/s1. The summed E-state index contributed by atoms with van der Waals surface area (Å²) in [7, 11) is 0. The van der Waals surface area contributed by atoms with Crippen molar-refractivity contribution in [2.24, 2.45) is 34.0 Å². The van der Waals surface area contributed by atoms with Gasteiger partial charge in [0.25, 0.3) is 0 Å². The van der Waals surface area contributed by atoms with Crippen molar-refractivity contribution in [1.82, 2.24) is 87.7 Å². The van der Waals surface area contributed by atoms with Gasteiger partial charge in [-0.2, -0.15) is 0 Å². The maximum absolute atomic E-state index is 14.1. The van der Waals surface area contributed by atoms with Gasteiger partial charge in [0.1, 0.15) is 36.3 Å². The van der Waals surface area contributed by atoms with Crippen LogP contribution in [0.5, 0.6) is 0 Å². The molecular weight excluding hydrogens is 1050 g/mol. The van der Waals surface area contributed by atoms with Crippen molar-refractivity contribution in [3.05, 3.63) is 72.9 Å². The predicted molar refractivity (Wildman–Crippen MR) is 284 cm³/mol. The third-order valence-corrected chi connectivity index (χ3v) is 11.7. The Morgan fingerprint density at radius 2 is 0.863 bits per heavy atom. The van der Waals surface area contributed by atoms with Gasteiger partial charge in [-0.25, -0.2) is 24.7 Å². The fourth-order valence-electron chi connectivity index (χ4n) is 7.78. The van der Waals surface area contributed by atoms with Crippen LogP contribution in [-0.2, 0) is 73.6 Å². The Bertz CT molecular complexity index is 2660. The molecule has 9 amide bonds. The number of aromatic amines is 4. The number of nitrogens with two attached hydrogens (primary N) is 3. The van der Waals surface area contributed by atoms with Gasteiger partial charge in [-0.1, -0.05) is 27.7 Å². The van der Waals surface area contributed by atoms with Gasteiger partial charge < -0.3 is 90.1 Å². The lowest BCUT2D eigenvalue weighted by Crippen LogP contribution is -2.58. The Morgan fingerprint density at radius 1 is 0.487 bits per heavy atom. The van der Waals surface area contributed by atoms with Crippen LogP contribution in [0.2, 0.25) is 0 Å². The first-order valence-corrected chi connectivity index (χ1v) is 25.6. The monoisotopic (exact) mass is 1120 g/mol. The van der Waals surface area contributed by atoms with Crippen molar-refractivity contribution in [2.75, 3.05) is 26.2 Å². The summed E-state index contributed by atoms with van der Waals surface area (Å²) in [4.78, 5) is 164. The minimum atomic E-state index is -1.39. The number of rotatable bonds is 35. The van der Waals surface area contributed by atoms with Gasteiger partial charge in [-0.05, 0) is 37.5 Å². The maximum atomic E-state index is 14.1. The van der Waals surface area contributed by atoms with Crippen molar-refractivity contribution in [1.29, 1.82) is 0 Å². The van der Waals surface area contributed by atoms with Crippen molar-refractivity contribution in [3.63, 3.8) is 0 Å². The molecule has 0 unspecified atom stereocenters. The summed E-state index contributed by atoms with van der Waals surface area (Å²) in [6.45, 7) is 5.33. The first kappa shape index (κ1) is 63.3. The molecule has 4 aromatic heterocycles. The van der Waals surface area contributed by atoms with Crippen molar-refractivity contribution in [3.8, 4) is 0 Å². The number of carbonyl (C=O) groups is 10. The number of guanidine groups is 1. The second kappa shape index (κ2) is 32.5. The zero-order valence-electron chi connectivity index (χ0n) is 44.8. The van der Waals surface area contributed by atoms with Crippen LogP contribution in [-0.4, -0.2) is 179 Å². The molecule has 0 aromatic carbocycles. The van der Waals surface area contributed by atoms with E-state index in [1.807, 2.05) is 13.8 Å². The molecule has 0 fully saturated rings. The highest BCUT2D eigenvalue weighted by Crippen LogP contribution is 2.11. The number of hydrogen-bond donors (Lipinski definition) is 17. The lowest BCUT2D eigenvalue weighted by atomic mass is 10.0. The number of imidazole rings is 4. The van der Waals surface area contributed by atoms with E-state index in [2.05, 4.69) is 92.7 Å². The molecule has 0 aliphatic heterocycles. The molecule has 436 valence electrons. The van der Waals surface area contributed by atoms with Crippen LogP contribution in [0.4, 0.5) is 0 Å². The Morgan fingerprint density at radius 3 is 1.32 bits per heavy atom. The highest BCUT2D eigenvalue weighted by atomic mass is 16.4. The molecule has 80 heavy (non-hydrogen) atoms. The highest BCUT2D eigenvalue weighted by Gasteiger charge is 2.33. The minimum Gasteiger partial charge on any atom is -0.480 e. The second-order valence-corrected chi connectivity index (χ2v) is 19.5. The second-order valence-electron chi connectivity index (χ2n) is 19.5. The number of nitrogens with zero attached hydrogens (tertiary/aromatic N) is 5. The average molecular weight is 1120 g/mol. The SMILES string of the molecule is CC(C)C[C@H](NC(=O)[C@H](CCCN=C(N)N)NC(=O)[C@H](Cc1cnc[nH]1)NC(=O)CNC(=O)CNC(=O)[C@H](Cc1cnc[nH]1)NC(=O)CNC(=O)[C@H](CC(C)C)NC(=O)[C@@H](N)Cc1cnc[nH]1)C(=O)N[C@@H](Cc1cnc[nH]1)C(=O)O. The largest absolute Gasteiger partial charge is 0.480 e. The highest BCUT2D eigenvalue weighted by molar-refractivity contribution is 5.97. The van der Waals surface area contributed by atoms with Crippen LogP contribution in [0.15, 0.2) is 55.1 Å². The fraction of sp³-hybridized carbons (Fsp3) is 0.521. The molecular formula is C48H73N21O11. The molecule has 4 aromatic rings. The number of hydrogen-bond acceptors (Lipinski definition) is 16. The van der Waals surface area contributed by atoms with Gasteiger partial charge in [0, 0.05) is 79.8 Å². The number of carboxylic acids is 1. The Labute approximate surface area is 459 Å². The maximum Gasteiger partial charge on any atom is 0.326 e. The van der Waals surface area contributed by atoms with Crippen LogP contribution in [0.3, 0.4) is 0 Å². The number of aliphatic carboxylic acids is 1. The average Bonchev–Trinajstić information content (AvgIpc) is 4.27. The van der Waals surface area contributed by atoms with Gasteiger partial charge in [0.2, 0.25) is 53.2 Å². The zero-order valence-corrected chi connectivity index (χ0v) is 44.8. The number of amides is 9. The molecule has 0 aliphatic carbocycles. The van der Waals surface area contributed by atoms with Gasteiger partial charge in [0.05, 0.1) is 51.0 Å². The summed E-state index contributed by atoms with van der Waals surface area (Å²) >= 11 is 0. The van der Waals surface area contributed by atoms with Crippen LogP contribution in [0, 0.1) is 11.8 Å². The van der Waals surface area contributed by atoms with E-state index < -0.39 is 121 Å². The van der Waals surface area contributed by atoms with Gasteiger partial charge >= 0.3 is 5.97 Å². The Balaban J connectivity index is 1.37. The van der Waals surface area contributed by atoms with E-state index in [0.717, 1.165) is 0 Å². The van der Waals surface area contributed by atoms with Crippen molar-refractivity contribution in [2.45, 2.75) is 121 Å². The van der Waals surface area contributed by atoms with E-state index in [0.29, 0.717) is 22.8 Å². The number of carbonyl (C=O) groups excluding carboxylic acids is 9. The predicted octanol–water partition coefficient (Wildman–Crippen LogP) is -5.34. The number of aromatic nitrogens is 8. The Hall–Kier alpha value is -9.23. The van der Waals surface area contributed by atoms with E-state index in [1.54, 1.807) is 13.8 Å². The van der Waals surface area contributed by atoms with Crippen LogP contribution < -0.4 is 65.1 Å². The van der Waals surface area contributed by atoms with Crippen molar-refractivity contribution >= 4 is 65.1 Å². The quantitative estimate of drug-likeness (QED) is 0.0116. The fourth-order valence-corrected chi connectivity index (χ4v) is 7.78. The first-order valence-electron chi connectivity index (χ1n) is 25.6. The number of nitrogens with one attached hydrogen (secondary N) is 13. The topological polar surface area (TPSA) is 504 Å². The molecule has 0 saturated carbocycles. The van der Waals surface area contributed by atoms with E-state index in [-0.39, 0.29) is 75.7 Å². The molecule has 0 radical (unpaired) electrons. The number of aliphatic imine (C=N–C) groups is 1. The molecule has 32 nitrogen and oxygen atoms in total. The minimum absolute atomic E-state index is 0.0450. The van der Waals surface area contributed by atoms with Crippen molar-refractivity contribution < 1.29 is 53.1 Å². The normalized spacial score (nSPS) is 13.7. The summed E-state index contributed by atoms with van der Waals surface area (Å²) < 4.78 is 0. The van der Waals surface area contributed by atoms with Crippen LogP contribution in [0.25, 0.3) is 0 Å². The first-order chi connectivity index (χ1) is 38.1. The summed E-state index contributed by atoms with van der Waals surface area (Å²) in [5, 5.41) is 32.5. The molecule has 0 saturated heterocycles. The van der Waals surface area contributed by atoms with E-state index in [1.165, 1.54) is 50.1 Å². The summed E-state index contributed by atoms with van der Waals surface area (Å²) in [5.41, 5.74) is 18.9. The van der Waals surface area contributed by atoms with E-state index >= 15 is 0 Å². The van der Waals surface area contributed by atoms with Crippen LogP contribution >= 0.6 is 0 Å². The molecule has 4 heterocycles. The van der Waals surface area contributed by atoms with E-state index in [9.17, 15) is 53.1 Å². The third kappa shape index (κ3) is 23.2. The number of carboxylic acid groups (broad SMARTS) is 1. The van der Waals surface area contributed by atoms with Gasteiger partial charge in [0.15, 0.2) is 5.96 Å². The smallest absolute Gasteiger partial charge is 0.326 e. The summed E-state index contributed by atoms with van der Waals surface area (Å²) in [6.07, 6.45) is 11.3. The molecule has 7 atom stereocenters. The number of H-pyrrole nitrogens is 4. The van der Waals surface area contributed by atoms with Crippen LogP contribution in [0.1, 0.15) is 76.2 Å². The molecule has 0 spiro atoms. The lowest BCUT2D eigenvalue weighted by Gasteiger charge is -2.26. The lowest BCUT2D eigenvalue weighted by molar-refractivity contribution is -0.142. The molecule has 0 bridgehead atoms. The van der Waals surface area contributed by atoms with E-state index in [4.69, 9.17) is 17.2 Å². The summed E-state index contributed by atoms with van der Waals surface area (Å²) in [6, 6.07) is -8.74. The molecule has 20 N–H and O–H groups in total. The molecule has 32 heteroatoms. The third-order valence-electron chi connectivity index (χ3n) is 11.7.